The smallest absolute Gasteiger partial charge is 0.254 e. The number of nitrogens with zero attached hydrogens (tertiary/aromatic N) is 1. The van der Waals surface area contributed by atoms with E-state index in [1.54, 1.807) is 0 Å². The summed E-state index contributed by atoms with van der Waals surface area (Å²) in [5.41, 5.74) is 11.4. The molecule has 3 nitrogen and oxygen atoms in total. The quantitative estimate of drug-likeness (QED) is 0.900. The summed E-state index contributed by atoms with van der Waals surface area (Å²) in [6, 6.07) is 15.0. The number of likely N-dealkylation sites (tertiary alicyclic amines) is 1. The van der Waals surface area contributed by atoms with Gasteiger partial charge in [0, 0.05) is 24.7 Å². The molecule has 2 aliphatic rings. The Hall–Kier alpha value is -2.13. The van der Waals surface area contributed by atoms with Crippen molar-refractivity contribution in [2.45, 2.75) is 39.2 Å². The van der Waals surface area contributed by atoms with Crippen LogP contribution in [0.1, 0.15) is 47.7 Å². The minimum atomic E-state index is 0.137. The Morgan fingerprint density at radius 1 is 1.23 bits per heavy atom. The van der Waals surface area contributed by atoms with Gasteiger partial charge in [0.2, 0.25) is 0 Å². The number of hydrogen-bond acceptors (Lipinski definition) is 2. The first-order valence-corrected chi connectivity index (χ1v) is 9.71. The highest BCUT2D eigenvalue weighted by Crippen LogP contribution is 2.49. The summed E-state index contributed by atoms with van der Waals surface area (Å²) >= 11 is 0. The SMILES string of the molecule is Cc1ccc(C(=O)N2C[C@H]3C[C@H]3[C@H]2CN)c(-c2cccc(C(C)C)c2)c1. The maximum atomic E-state index is 13.4. The van der Waals surface area contributed by atoms with Crippen molar-refractivity contribution >= 4 is 5.91 Å². The average molecular weight is 348 g/mol. The zero-order chi connectivity index (χ0) is 18.4. The highest BCUT2D eigenvalue weighted by Gasteiger charge is 2.53. The summed E-state index contributed by atoms with van der Waals surface area (Å²) in [7, 11) is 0. The number of fused-ring (bicyclic) bond motifs is 1. The molecule has 0 aromatic heterocycles. The van der Waals surface area contributed by atoms with Crippen molar-refractivity contribution in [3.8, 4) is 11.1 Å². The Balaban J connectivity index is 1.74. The lowest BCUT2D eigenvalue weighted by Crippen LogP contribution is -2.43. The third kappa shape index (κ3) is 2.95. The molecule has 2 N–H and O–H groups in total. The Bertz CT molecular complexity index is 842. The summed E-state index contributed by atoms with van der Waals surface area (Å²) in [6.07, 6.45) is 1.24. The third-order valence-electron chi connectivity index (χ3n) is 6.08. The maximum Gasteiger partial charge on any atom is 0.254 e. The standard InChI is InChI=1S/C23H28N2O/c1-14(2)16-5-4-6-17(10-16)20-9-15(3)7-8-19(20)23(26)25-13-18-11-21(18)22(25)12-24/h4-10,14,18,21-22H,11-13,24H2,1-3H3/t18-,21-,22-/m1/s1. The predicted octanol–water partition coefficient (Wildman–Crippen LogP) is 4.20. The van der Waals surface area contributed by atoms with Gasteiger partial charge in [0.1, 0.15) is 0 Å². The van der Waals surface area contributed by atoms with Crippen LogP contribution in [0, 0.1) is 18.8 Å². The summed E-state index contributed by atoms with van der Waals surface area (Å²) in [6.45, 7) is 7.91. The fourth-order valence-corrected chi connectivity index (χ4v) is 4.41. The van der Waals surface area contributed by atoms with E-state index >= 15 is 0 Å². The van der Waals surface area contributed by atoms with Crippen LogP contribution >= 0.6 is 0 Å². The molecule has 4 rings (SSSR count). The van der Waals surface area contributed by atoms with E-state index in [1.807, 2.05) is 17.0 Å². The van der Waals surface area contributed by atoms with Crippen molar-refractivity contribution in [1.82, 2.24) is 4.90 Å². The van der Waals surface area contributed by atoms with Crippen molar-refractivity contribution in [2.75, 3.05) is 13.1 Å². The van der Waals surface area contributed by atoms with Gasteiger partial charge in [0.05, 0.1) is 0 Å². The molecule has 3 heteroatoms. The normalized spacial score (nSPS) is 24.0. The molecule has 2 fully saturated rings. The summed E-state index contributed by atoms with van der Waals surface area (Å²) in [5, 5.41) is 0. The number of piperidine rings is 1. The number of benzene rings is 2. The fraction of sp³-hybridized carbons (Fsp3) is 0.435. The van der Waals surface area contributed by atoms with Crippen LogP contribution in [-0.2, 0) is 0 Å². The summed E-state index contributed by atoms with van der Waals surface area (Å²) < 4.78 is 0. The van der Waals surface area contributed by atoms with Crippen molar-refractivity contribution in [1.29, 1.82) is 0 Å². The Kier molecular flexibility index (Phi) is 4.36. The van der Waals surface area contributed by atoms with Crippen molar-refractivity contribution in [2.24, 2.45) is 17.6 Å². The van der Waals surface area contributed by atoms with E-state index in [2.05, 4.69) is 51.1 Å². The first-order chi connectivity index (χ1) is 12.5. The molecule has 0 unspecified atom stereocenters. The molecule has 2 aromatic carbocycles. The van der Waals surface area contributed by atoms with E-state index in [4.69, 9.17) is 5.73 Å². The Morgan fingerprint density at radius 2 is 2.04 bits per heavy atom. The summed E-state index contributed by atoms with van der Waals surface area (Å²) in [4.78, 5) is 15.4. The number of rotatable bonds is 4. The van der Waals surface area contributed by atoms with Crippen molar-refractivity contribution < 1.29 is 4.79 Å². The van der Waals surface area contributed by atoms with E-state index in [0.29, 0.717) is 24.3 Å². The molecule has 136 valence electrons. The first kappa shape index (κ1) is 17.3. The second-order valence-corrected chi connectivity index (χ2v) is 8.25. The van der Waals surface area contributed by atoms with E-state index in [0.717, 1.165) is 23.2 Å². The largest absolute Gasteiger partial charge is 0.334 e. The maximum absolute atomic E-state index is 13.4. The second-order valence-electron chi connectivity index (χ2n) is 8.25. The third-order valence-corrected chi connectivity index (χ3v) is 6.08. The molecule has 3 atom stereocenters. The number of amides is 1. The molecule has 1 heterocycles. The van der Waals surface area contributed by atoms with Gasteiger partial charge in [0.25, 0.3) is 5.91 Å². The van der Waals surface area contributed by atoms with Gasteiger partial charge < -0.3 is 10.6 Å². The molecule has 0 radical (unpaired) electrons. The van der Waals surface area contributed by atoms with E-state index in [1.165, 1.54) is 17.5 Å². The first-order valence-electron chi connectivity index (χ1n) is 9.71. The number of carbonyl (C=O) groups is 1. The van der Waals surface area contributed by atoms with Crippen LogP contribution in [0.3, 0.4) is 0 Å². The van der Waals surface area contributed by atoms with Crippen molar-refractivity contribution in [3.05, 3.63) is 59.2 Å². The highest BCUT2D eigenvalue weighted by atomic mass is 16.2. The topological polar surface area (TPSA) is 46.3 Å². The van der Waals surface area contributed by atoms with Gasteiger partial charge in [-0.1, -0.05) is 55.8 Å². The molecule has 26 heavy (non-hydrogen) atoms. The monoisotopic (exact) mass is 348 g/mol. The molecule has 1 aliphatic heterocycles. The van der Waals surface area contributed by atoms with Gasteiger partial charge in [0.15, 0.2) is 0 Å². The van der Waals surface area contributed by atoms with E-state index in [9.17, 15) is 4.79 Å². The molecule has 1 saturated heterocycles. The molecule has 2 aromatic rings. The molecular formula is C23H28N2O. The zero-order valence-electron chi connectivity index (χ0n) is 15.9. The minimum absolute atomic E-state index is 0.137. The van der Waals surface area contributed by atoms with Crippen LogP contribution in [0.5, 0.6) is 0 Å². The van der Waals surface area contributed by atoms with E-state index in [-0.39, 0.29) is 11.9 Å². The number of aryl methyl sites for hydroxylation is 1. The number of hydrogen-bond donors (Lipinski definition) is 1. The minimum Gasteiger partial charge on any atom is -0.334 e. The second kappa shape index (κ2) is 6.55. The van der Waals surface area contributed by atoms with Crippen LogP contribution < -0.4 is 5.73 Å². The Labute approximate surface area is 156 Å². The average Bonchev–Trinajstić information content (AvgIpc) is 3.31. The van der Waals surface area contributed by atoms with Crippen LogP contribution in [0.25, 0.3) is 11.1 Å². The van der Waals surface area contributed by atoms with Crippen LogP contribution in [0.15, 0.2) is 42.5 Å². The lowest BCUT2D eigenvalue weighted by atomic mass is 9.93. The van der Waals surface area contributed by atoms with Gasteiger partial charge in [-0.25, -0.2) is 0 Å². The van der Waals surface area contributed by atoms with Gasteiger partial charge in [-0.15, -0.1) is 0 Å². The molecule has 0 spiro atoms. The lowest BCUT2D eigenvalue weighted by Gasteiger charge is -2.27. The van der Waals surface area contributed by atoms with Gasteiger partial charge in [-0.3, -0.25) is 4.79 Å². The molecule has 0 bridgehead atoms. The summed E-state index contributed by atoms with van der Waals surface area (Å²) in [5.74, 6) is 1.90. The predicted molar refractivity (Wildman–Crippen MR) is 106 cm³/mol. The van der Waals surface area contributed by atoms with Crippen LogP contribution in [0.2, 0.25) is 0 Å². The van der Waals surface area contributed by atoms with E-state index < -0.39 is 0 Å². The van der Waals surface area contributed by atoms with Gasteiger partial charge >= 0.3 is 0 Å². The lowest BCUT2D eigenvalue weighted by molar-refractivity contribution is 0.0713. The number of nitrogens with two attached hydrogens (primary N) is 1. The molecule has 1 saturated carbocycles. The van der Waals surface area contributed by atoms with Gasteiger partial charge in [-0.05, 0) is 53.9 Å². The Morgan fingerprint density at radius 3 is 2.77 bits per heavy atom. The van der Waals surface area contributed by atoms with Crippen LogP contribution in [0.4, 0.5) is 0 Å². The van der Waals surface area contributed by atoms with Crippen molar-refractivity contribution in [3.63, 3.8) is 0 Å². The highest BCUT2D eigenvalue weighted by molar-refractivity contribution is 6.01. The molecule has 1 aliphatic carbocycles. The fourth-order valence-electron chi connectivity index (χ4n) is 4.41. The van der Waals surface area contributed by atoms with Gasteiger partial charge in [-0.2, -0.15) is 0 Å². The zero-order valence-corrected chi connectivity index (χ0v) is 15.9. The number of carbonyl (C=O) groups excluding carboxylic acids is 1. The molecule has 1 amide bonds. The van der Waals surface area contributed by atoms with Crippen LogP contribution in [-0.4, -0.2) is 29.9 Å². The molecular weight excluding hydrogens is 320 g/mol.